The Hall–Kier alpha value is -0.860. The quantitative estimate of drug-likeness (QED) is 0.437. The molecule has 1 aliphatic rings. The number of aryl methyl sites for hydroxylation is 2. The van der Waals surface area contributed by atoms with E-state index in [2.05, 4.69) is 55.0 Å². The third-order valence-electron chi connectivity index (χ3n) is 4.28. The Balaban J connectivity index is 0.00000264. The van der Waals surface area contributed by atoms with Gasteiger partial charge in [0, 0.05) is 24.3 Å². The van der Waals surface area contributed by atoms with Crippen molar-refractivity contribution in [1.29, 1.82) is 0 Å². The van der Waals surface area contributed by atoms with Crippen LogP contribution in [0.3, 0.4) is 0 Å². The van der Waals surface area contributed by atoms with Crippen molar-refractivity contribution < 1.29 is 4.74 Å². The van der Waals surface area contributed by atoms with Crippen LogP contribution in [-0.2, 0) is 4.74 Å². The predicted molar refractivity (Wildman–Crippen MR) is 108 cm³/mol. The Kier molecular flexibility index (Phi) is 7.76. The second-order valence-electron chi connectivity index (χ2n) is 6.54. The minimum absolute atomic E-state index is 0. The molecule has 5 nitrogen and oxygen atoms in total. The van der Waals surface area contributed by atoms with Gasteiger partial charge in [0.05, 0.1) is 19.8 Å². The van der Waals surface area contributed by atoms with Crippen molar-refractivity contribution in [2.24, 2.45) is 10.7 Å². The van der Waals surface area contributed by atoms with Crippen molar-refractivity contribution in [1.82, 2.24) is 4.90 Å². The average molecular weight is 432 g/mol. The van der Waals surface area contributed by atoms with E-state index < -0.39 is 0 Å². The van der Waals surface area contributed by atoms with E-state index >= 15 is 0 Å². The van der Waals surface area contributed by atoms with Gasteiger partial charge in [0.1, 0.15) is 0 Å². The van der Waals surface area contributed by atoms with Crippen molar-refractivity contribution >= 4 is 35.6 Å². The van der Waals surface area contributed by atoms with Crippen LogP contribution in [0.15, 0.2) is 23.2 Å². The number of hydrogen-bond donors (Lipinski definition) is 2. The molecule has 0 aliphatic carbocycles. The summed E-state index contributed by atoms with van der Waals surface area (Å²) in [6.45, 7) is 12.7. The molecule has 0 atom stereocenters. The number of anilines is 1. The maximum atomic E-state index is 6.03. The first-order valence-electron chi connectivity index (χ1n) is 7.85. The first-order chi connectivity index (χ1) is 10.4. The number of guanidine groups is 1. The van der Waals surface area contributed by atoms with E-state index in [9.17, 15) is 0 Å². The van der Waals surface area contributed by atoms with Gasteiger partial charge in [-0.25, -0.2) is 0 Å². The third kappa shape index (κ3) is 5.93. The number of nitrogens with two attached hydrogens (primary N) is 1. The fourth-order valence-corrected chi connectivity index (χ4v) is 2.55. The van der Waals surface area contributed by atoms with Crippen LogP contribution in [-0.4, -0.2) is 49.2 Å². The summed E-state index contributed by atoms with van der Waals surface area (Å²) in [6.07, 6.45) is 0. The first-order valence-corrected chi connectivity index (χ1v) is 7.85. The predicted octanol–water partition coefficient (Wildman–Crippen LogP) is 2.76. The molecule has 130 valence electrons. The third-order valence-corrected chi connectivity index (χ3v) is 4.28. The zero-order chi connectivity index (χ0) is 16.2. The Morgan fingerprint density at radius 2 is 1.91 bits per heavy atom. The fraction of sp³-hybridized carbons (Fsp3) is 0.588. The van der Waals surface area contributed by atoms with Gasteiger partial charge in [-0.05, 0) is 51.0 Å². The maximum absolute atomic E-state index is 6.03. The second-order valence-corrected chi connectivity index (χ2v) is 6.54. The molecule has 1 fully saturated rings. The molecule has 1 aromatic rings. The number of benzene rings is 1. The van der Waals surface area contributed by atoms with Crippen molar-refractivity contribution in [2.45, 2.75) is 33.2 Å². The molecule has 0 spiro atoms. The largest absolute Gasteiger partial charge is 0.379 e. The Morgan fingerprint density at radius 3 is 2.52 bits per heavy atom. The van der Waals surface area contributed by atoms with Gasteiger partial charge < -0.3 is 15.8 Å². The highest BCUT2D eigenvalue weighted by Crippen LogP contribution is 2.17. The highest BCUT2D eigenvalue weighted by molar-refractivity contribution is 14.0. The number of aliphatic imine (C=N–C) groups is 1. The van der Waals surface area contributed by atoms with Gasteiger partial charge in [0.25, 0.3) is 0 Å². The molecule has 1 saturated heterocycles. The number of morpholine rings is 1. The molecule has 1 aromatic carbocycles. The fourth-order valence-electron chi connectivity index (χ4n) is 2.55. The maximum Gasteiger partial charge on any atom is 0.193 e. The lowest BCUT2D eigenvalue weighted by atomic mass is 10.0. The molecule has 0 unspecified atom stereocenters. The van der Waals surface area contributed by atoms with Crippen LogP contribution in [0.4, 0.5) is 5.69 Å². The van der Waals surface area contributed by atoms with E-state index in [4.69, 9.17) is 10.5 Å². The Morgan fingerprint density at radius 1 is 1.26 bits per heavy atom. The molecule has 0 bridgehead atoms. The molecule has 0 amide bonds. The summed E-state index contributed by atoms with van der Waals surface area (Å²) < 4.78 is 5.41. The van der Waals surface area contributed by atoms with Gasteiger partial charge in [-0.15, -0.1) is 24.0 Å². The highest BCUT2D eigenvalue weighted by atomic mass is 127. The SMILES string of the molecule is Cc1ccc(NC(N)=NCC(C)(C)N2CCOCC2)cc1C.I. The van der Waals surface area contributed by atoms with E-state index in [1.807, 2.05) is 6.07 Å². The summed E-state index contributed by atoms with van der Waals surface area (Å²) in [7, 11) is 0. The number of nitrogens with zero attached hydrogens (tertiary/aromatic N) is 2. The van der Waals surface area contributed by atoms with Crippen LogP contribution in [0.5, 0.6) is 0 Å². The number of halogens is 1. The van der Waals surface area contributed by atoms with Gasteiger partial charge in [0.15, 0.2) is 5.96 Å². The molecule has 23 heavy (non-hydrogen) atoms. The summed E-state index contributed by atoms with van der Waals surface area (Å²) in [5.74, 6) is 0.463. The van der Waals surface area contributed by atoms with E-state index in [0.29, 0.717) is 12.5 Å². The molecule has 2 rings (SSSR count). The van der Waals surface area contributed by atoms with Crippen LogP contribution < -0.4 is 11.1 Å². The normalized spacial score (nSPS) is 16.8. The van der Waals surface area contributed by atoms with Crippen molar-refractivity contribution in [3.05, 3.63) is 29.3 Å². The summed E-state index contributed by atoms with van der Waals surface area (Å²) >= 11 is 0. The molecule has 3 N–H and O–H groups in total. The topological polar surface area (TPSA) is 62.9 Å². The monoisotopic (exact) mass is 432 g/mol. The van der Waals surface area contributed by atoms with Gasteiger partial charge >= 0.3 is 0 Å². The summed E-state index contributed by atoms with van der Waals surface area (Å²) in [4.78, 5) is 6.93. The molecule has 0 radical (unpaired) electrons. The first kappa shape index (κ1) is 20.2. The highest BCUT2D eigenvalue weighted by Gasteiger charge is 2.27. The zero-order valence-corrected chi connectivity index (χ0v) is 16.9. The number of ether oxygens (including phenoxy) is 1. The zero-order valence-electron chi connectivity index (χ0n) is 14.6. The standard InChI is InChI=1S/C17H28N4O.HI/c1-13-5-6-15(11-14(13)2)20-16(18)19-12-17(3,4)21-7-9-22-10-8-21;/h5-6,11H,7-10,12H2,1-4H3,(H3,18,19,20);1H. The lowest BCUT2D eigenvalue weighted by Crippen LogP contribution is -2.51. The van der Waals surface area contributed by atoms with E-state index in [0.717, 1.165) is 32.0 Å². The van der Waals surface area contributed by atoms with Gasteiger partial charge in [0.2, 0.25) is 0 Å². The molecular formula is C17H29IN4O. The van der Waals surface area contributed by atoms with E-state index in [-0.39, 0.29) is 29.5 Å². The van der Waals surface area contributed by atoms with Crippen molar-refractivity contribution in [3.63, 3.8) is 0 Å². The van der Waals surface area contributed by atoms with Gasteiger partial charge in [-0.3, -0.25) is 9.89 Å². The summed E-state index contributed by atoms with van der Waals surface area (Å²) in [5, 5.41) is 3.17. The number of rotatable bonds is 4. The smallest absolute Gasteiger partial charge is 0.193 e. The average Bonchev–Trinajstić information content (AvgIpc) is 2.50. The van der Waals surface area contributed by atoms with Gasteiger partial charge in [-0.2, -0.15) is 0 Å². The van der Waals surface area contributed by atoms with Crippen LogP contribution in [0.2, 0.25) is 0 Å². The van der Waals surface area contributed by atoms with E-state index in [1.165, 1.54) is 11.1 Å². The van der Waals surface area contributed by atoms with Crippen LogP contribution in [0.1, 0.15) is 25.0 Å². The molecule has 0 aromatic heterocycles. The van der Waals surface area contributed by atoms with E-state index in [1.54, 1.807) is 0 Å². The summed E-state index contributed by atoms with van der Waals surface area (Å²) in [5.41, 5.74) is 9.51. The minimum Gasteiger partial charge on any atom is -0.379 e. The van der Waals surface area contributed by atoms with Crippen molar-refractivity contribution in [3.8, 4) is 0 Å². The molecular weight excluding hydrogens is 403 g/mol. The Bertz CT molecular complexity index is 539. The number of hydrogen-bond acceptors (Lipinski definition) is 3. The van der Waals surface area contributed by atoms with Crippen LogP contribution in [0.25, 0.3) is 0 Å². The van der Waals surface area contributed by atoms with Crippen LogP contribution in [0, 0.1) is 13.8 Å². The lowest BCUT2D eigenvalue weighted by Gasteiger charge is -2.39. The lowest BCUT2D eigenvalue weighted by molar-refractivity contribution is -0.00680. The van der Waals surface area contributed by atoms with Crippen LogP contribution >= 0.6 is 24.0 Å². The Labute approximate surface area is 156 Å². The number of nitrogens with one attached hydrogen (secondary N) is 1. The molecule has 1 aliphatic heterocycles. The van der Waals surface area contributed by atoms with Gasteiger partial charge in [-0.1, -0.05) is 6.07 Å². The molecule has 6 heteroatoms. The molecule has 0 saturated carbocycles. The molecule has 1 heterocycles. The summed E-state index contributed by atoms with van der Waals surface area (Å²) in [6, 6.07) is 6.20. The van der Waals surface area contributed by atoms with Crippen molar-refractivity contribution in [2.75, 3.05) is 38.2 Å². The minimum atomic E-state index is -0.0146. The second kappa shape index (κ2) is 8.84.